The average Bonchev–Trinajstić information content (AvgIpc) is 2.90. The fraction of sp³-hybridized carbons (Fsp3) is 0.333. The smallest absolute Gasteiger partial charge is 0.316 e. The van der Waals surface area contributed by atoms with Gasteiger partial charge in [-0.15, -0.1) is 0 Å². The predicted molar refractivity (Wildman–Crippen MR) is 134 cm³/mol. The van der Waals surface area contributed by atoms with E-state index in [9.17, 15) is 18.4 Å². The normalized spacial score (nSPS) is 13.9. The molecule has 194 valence electrons. The molecule has 2 heterocycles. The Labute approximate surface area is 218 Å². The third-order valence-electron chi connectivity index (χ3n) is 6.28. The standard InChI is InChI=1S/C27H27ClF2N4O3/c1-2-37-27-32-16-21(26(36)31-15-17-5-3-6-19(28)13-17)25(33-27)18-9-11-34(12-10-18)24(35)14-20-22(29)7-4-8-23(20)30/h3-8,13,16,18H,2,9-12,14-15H2,1H3,(H,31,36). The predicted octanol–water partition coefficient (Wildman–Crippen LogP) is 4.69. The molecule has 37 heavy (non-hydrogen) atoms. The molecule has 1 aromatic heterocycles. The van der Waals surface area contributed by atoms with E-state index in [2.05, 4.69) is 15.3 Å². The topological polar surface area (TPSA) is 84.4 Å². The summed E-state index contributed by atoms with van der Waals surface area (Å²) in [5.74, 6) is -2.27. The summed E-state index contributed by atoms with van der Waals surface area (Å²) in [6, 6.07) is 10.9. The molecule has 0 radical (unpaired) electrons. The van der Waals surface area contributed by atoms with E-state index in [4.69, 9.17) is 16.3 Å². The molecule has 0 aliphatic carbocycles. The van der Waals surface area contributed by atoms with Gasteiger partial charge in [-0.3, -0.25) is 9.59 Å². The summed E-state index contributed by atoms with van der Waals surface area (Å²) >= 11 is 6.03. The second kappa shape index (κ2) is 12.1. The Kier molecular flexibility index (Phi) is 8.66. The van der Waals surface area contributed by atoms with Crippen LogP contribution in [0.5, 0.6) is 6.01 Å². The molecular weight excluding hydrogens is 502 g/mol. The van der Waals surface area contributed by atoms with Crippen LogP contribution in [0.15, 0.2) is 48.7 Å². The quantitative estimate of drug-likeness (QED) is 0.459. The van der Waals surface area contributed by atoms with Gasteiger partial charge in [0.2, 0.25) is 5.91 Å². The highest BCUT2D eigenvalue weighted by Gasteiger charge is 2.29. The Balaban J connectivity index is 1.45. The van der Waals surface area contributed by atoms with Crippen molar-refractivity contribution in [2.24, 2.45) is 0 Å². The van der Waals surface area contributed by atoms with Crippen LogP contribution in [0.25, 0.3) is 0 Å². The molecule has 0 spiro atoms. The number of carbonyl (C=O) groups is 2. The van der Waals surface area contributed by atoms with E-state index in [1.165, 1.54) is 12.3 Å². The molecule has 1 N–H and O–H groups in total. The lowest BCUT2D eigenvalue weighted by Crippen LogP contribution is -2.39. The van der Waals surface area contributed by atoms with Crippen LogP contribution < -0.4 is 10.1 Å². The molecule has 2 amide bonds. The van der Waals surface area contributed by atoms with Gasteiger partial charge in [-0.2, -0.15) is 4.98 Å². The third-order valence-corrected chi connectivity index (χ3v) is 6.52. The van der Waals surface area contributed by atoms with Crippen LogP contribution in [0.4, 0.5) is 8.78 Å². The van der Waals surface area contributed by atoms with Crippen LogP contribution in [-0.4, -0.2) is 46.4 Å². The molecule has 1 aliphatic rings. The number of hydrogen-bond acceptors (Lipinski definition) is 5. The van der Waals surface area contributed by atoms with Crippen LogP contribution in [0.2, 0.25) is 5.02 Å². The van der Waals surface area contributed by atoms with Crippen molar-refractivity contribution in [3.05, 3.63) is 87.7 Å². The first-order valence-corrected chi connectivity index (χ1v) is 12.5. The Morgan fingerprint density at radius 2 is 1.84 bits per heavy atom. The van der Waals surface area contributed by atoms with Gasteiger partial charge in [0.1, 0.15) is 11.6 Å². The van der Waals surface area contributed by atoms with Crippen LogP contribution in [0.3, 0.4) is 0 Å². The molecule has 10 heteroatoms. The van der Waals surface area contributed by atoms with Crippen molar-refractivity contribution in [2.45, 2.75) is 38.6 Å². The first kappa shape index (κ1) is 26.5. The minimum atomic E-state index is -0.735. The van der Waals surface area contributed by atoms with Crippen molar-refractivity contribution in [2.75, 3.05) is 19.7 Å². The van der Waals surface area contributed by atoms with Crippen molar-refractivity contribution in [1.29, 1.82) is 0 Å². The summed E-state index contributed by atoms with van der Waals surface area (Å²) in [5, 5.41) is 3.46. The first-order chi connectivity index (χ1) is 17.9. The van der Waals surface area contributed by atoms with Crippen LogP contribution in [0, 0.1) is 11.6 Å². The first-order valence-electron chi connectivity index (χ1n) is 12.1. The van der Waals surface area contributed by atoms with Crippen molar-refractivity contribution in [3.63, 3.8) is 0 Å². The Morgan fingerprint density at radius 3 is 2.51 bits per heavy atom. The Bertz CT molecular complexity index is 1260. The van der Waals surface area contributed by atoms with Crippen molar-refractivity contribution < 1.29 is 23.1 Å². The minimum Gasteiger partial charge on any atom is -0.464 e. The summed E-state index contributed by atoms with van der Waals surface area (Å²) in [6.45, 7) is 3.22. The SMILES string of the molecule is CCOc1ncc(C(=O)NCc2cccc(Cl)c2)c(C2CCN(C(=O)Cc3c(F)cccc3F)CC2)n1. The molecular formula is C27H27ClF2N4O3. The molecule has 0 saturated carbocycles. The fourth-order valence-corrected chi connectivity index (χ4v) is 4.57. The molecule has 4 rings (SSSR count). The number of aromatic nitrogens is 2. The maximum atomic E-state index is 14.0. The van der Waals surface area contributed by atoms with Gasteiger partial charge >= 0.3 is 6.01 Å². The van der Waals surface area contributed by atoms with Crippen LogP contribution in [-0.2, 0) is 17.8 Å². The number of carbonyl (C=O) groups excluding carboxylic acids is 2. The summed E-state index contributed by atoms with van der Waals surface area (Å²) in [4.78, 5) is 36.1. The molecule has 0 atom stereocenters. The molecule has 1 saturated heterocycles. The third kappa shape index (κ3) is 6.60. The molecule has 3 aromatic rings. The van der Waals surface area contributed by atoms with Gasteiger partial charge in [0, 0.05) is 42.3 Å². The zero-order chi connectivity index (χ0) is 26.4. The second-order valence-electron chi connectivity index (χ2n) is 8.73. The molecule has 0 unspecified atom stereocenters. The van der Waals surface area contributed by atoms with Crippen molar-refractivity contribution >= 4 is 23.4 Å². The van der Waals surface area contributed by atoms with Gasteiger partial charge in [-0.05, 0) is 49.6 Å². The van der Waals surface area contributed by atoms with Crippen molar-refractivity contribution in [1.82, 2.24) is 20.2 Å². The van der Waals surface area contributed by atoms with E-state index in [0.717, 1.165) is 17.7 Å². The lowest BCUT2D eigenvalue weighted by Gasteiger charge is -2.32. The highest BCUT2D eigenvalue weighted by atomic mass is 35.5. The average molecular weight is 529 g/mol. The van der Waals surface area contributed by atoms with Gasteiger partial charge in [-0.25, -0.2) is 13.8 Å². The number of ether oxygens (including phenoxy) is 1. The fourth-order valence-electron chi connectivity index (χ4n) is 4.35. The number of hydrogen-bond donors (Lipinski definition) is 1. The van der Waals surface area contributed by atoms with E-state index in [1.807, 2.05) is 19.1 Å². The Morgan fingerprint density at radius 1 is 1.14 bits per heavy atom. The molecule has 1 fully saturated rings. The number of likely N-dealkylation sites (tertiary alicyclic amines) is 1. The largest absolute Gasteiger partial charge is 0.464 e. The van der Waals surface area contributed by atoms with E-state index in [-0.39, 0.29) is 42.3 Å². The van der Waals surface area contributed by atoms with Gasteiger partial charge in [0.15, 0.2) is 0 Å². The number of piperidine rings is 1. The summed E-state index contributed by atoms with van der Waals surface area (Å²) in [6.07, 6.45) is 2.17. The molecule has 2 aromatic carbocycles. The summed E-state index contributed by atoms with van der Waals surface area (Å²) < 4.78 is 33.4. The Hall–Kier alpha value is -3.59. The maximum absolute atomic E-state index is 14.0. The highest BCUT2D eigenvalue weighted by Crippen LogP contribution is 2.30. The van der Waals surface area contributed by atoms with E-state index in [1.54, 1.807) is 17.0 Å². The zero-order valence-electron chi connectivity index (χ0n) is 20.3. The number of nitrogens with zero attached hydrogens (tertiary/aromatic N) is 3. The van der Waals surface area contributed by atoms with E-state index < -0.39 is 11.6 Å². The molecule has 7 nitrogen and oxygen atoms in total. The van der Waals surface area contributed by atoms with E-state index in [0.29, 0.717) is 48.8 Å². The number of amides is 2. The molecule has 1 aliphatic heterocycles. The summed E-state index contributed by atoms with van der Waals surface area (Å²) in [7, 11) is 0. The number of halogens is 3. The van der Waals surface area contributed by atoms with Gasteiger partial charge in [-0.1, -0.05) is 29.8 Å². The molecule has 0 bridgehead atoms. The number of nitrogens with one attached hydrogen (secondary N) is 1. The monoisotopic (exact) mass is 528 g/mol. The number of benzene rings is 2. The lowest BCUT2D eigenvalue weighted by molar-refractivity contribution is -0.131. The van der Waals surface area contributed by atoms with Gasteiger partial charge in [0.05, 0.1) is 24.3 Å². The highest BCUT2D eigenvalue weighted by molar-refractivity contribution is 6.30. The van der Waals surface area contributed by atoms with Gasteiger partial charge < -0.3 is 15.0 Å². The zero-order valence-corrected chi connectivity index (χ0v) is 21.1. The van der Waals surface area contributed by atoms with Crippen LogP contribution >= 0.6 is 11.6 Å². The maximum Gasteiger partial charge on any atom is 0.316 e. The summed E-state index contributed by atoms with van der Waals surface area (Å²) in [5.41, 5.74) is 1.51. The van der Waals surface area contributed by atoms with Gasteiger partial charge in [0.25, 0.3) is 5.91 Å². The van der Waals surface area contributed by atoms with Crippen molar-refractivity contribution in [3.8, 4) is 6.01 Å². The second-order valence-corrected chi connectivity index (χ2v) is 9.17. The van der Waals surface area contributed by atoms with Crippen LogP contribution in [0.1, 0.15) is 52.9 Å². The number of rotatable bonds is 8. The minimum absolute atomic E-state index is 0.122. The van der Waals surface area contributed by atoms with E-state index >= 15 is 0 Å². The lowest BCUT2D eigenvalue weighted by atomic mass is 9.90.